The molecule has 1 amide bonds. The van der Waals surface area contributed by atoms with Gasteiger partial charge in [-0.2, -0.15) is 4.31 Å². The Morgan fingerprint density at radius 2 is 1.58 bits per heavy atom. The Balaban J connectivity index is 1.53. The quantitative estimate of drug-likeness (QED) is 0.399. The van der Waals surface area contributed by atoms with Crippen LogP contribution >= 0.6 is 23.2 Å². The van der Waals surface area contributed by atoms with E-state index >= 15 is 0 Å². The fourth-order valence-electron chi connectivity index (χ4n) is 3.65. The SMILES string of the molecule is COc1ccc(S(=O)(=O)N2CCOCC2)cc1C(=O)Nc1ccc(S(=O)(=O)Nc2ccc(Cl)cc2Cl)cc1. The minimum Gasteiger partial charge on any atom is -0.496 e. The average Bonchev–Trinajstić information content (AvgIpc) is 2.90. The molecule has 38 heavy (non-hydrogen) atoms. The number of nitrogens with one attached hydrogen (secondary N) is 2. The maximum absolute atomic E-state index is 13.1. The highest BCUT2D eigenvalue weighted by Crippen LogP contribution is 2.29. The summed E-state index contributed by atoms with van der Waals surface area (Å²) < 4.78 is 65.8. The van der Waals surface area contributed by atoms with Crippen LogP contribution in [0.2, 0.25) is 10.0 Å². The smallest absolute Gasteiger partial charge is 0.261 e. The van der Waals surface area contributed by atoms with Crippen molar-refractivity contribution in [1.82, 2.24) is 4.31 Å². The van der Waals surface area contributed by atoms with Gasteiger partial charge in [0, 0.05) is 23.8 Å². The van der Waals surface area contributed by atoms with Crippen molar-refractivity contribution in [3.63, 3.8) is 0 Å². The number of benzene rings is 3. The molecule has 14 heteroatoms. The second-order valence-electron chi connectivity index (χ2n) is 8.09. The first-order valence-corrected chi connectivity index (χ1v) is 14.8. The number of sulfonamides is 2. The molecule has 0 aromatic heterocycles. The average molecular weight is 601 g/mol. The Labute approximate surface area is 230 Å². The molecule has 3 aromatic carbocycles. The van der Waals surface area contributed by atoms with Crippen molar-refractivity contribution < 1.29 is 31.1 Å². The maximum atomic E-state index is 13.1. The van der Waals surface area contributed by atoms with Gasteiger partial charge in [0.05, 0.1) is 46.4 Å². The van der Waals surface area contributed by atoms with Crippen LogP contribution in [-0.4, -0.2) is 60.5 Å². The van der Waals surface area contributed by atoms with Gasteiger partial charge in [-0.05, 0) is 60.7 Å². The van der Waals surface area contributed by atoms with E-state index in [0.29, 0.717) is 5.02 Å². The fourth-order valence-corrected chi connectivity index (χ4v) is 6.68. The van der Waals surface area contributed by atoms with E-state index in [9.17, 15) is 21.6 Å². The summed E-state index contributed by atoms with van der Waals surface area (Å²) in [6.07, 6.45) is 0. The van der Waals surface area contributed by atoms with Crippen LogP contribution in [0.1, 0.15) is 10.4 Å². The van der Waals surface area contributed by atoms with Gasteiger partial charge >= 0.3 is 0 Å². The van der Waals surface area contributed by atoms with Gasteiger partial charge in [-0.1, -0.05) is 23.2 Å². The van der Waals surface area contributed by atoms with E-state index in [1.165, 1.54) is 72.1 Å². The minimum absolute atomic E-state index is 0.00224. The van der Waals surface area contributed by atoms with Crippen LogP contribution in [0.3, 0.4) is 0 Å². The molecule has 0 unspecified atom stereocenters. The number of halogens is 2. The van der Waals surface area contributed by atoms with Crippen LogP contribution < -0.4 is 14.8 Å². The van der Waals surface area contributed by atoms with Crippen molar-refractivity contribution in [2.75, 3.05) is 43.5 Å². The van der Waals surface area contributed by atoms with Crippen molar-refractivity contribution in [2.24, 2.45) is 0 Å². The highest BCUT2D eigenvalue weighted by atomic mass is 35.5. The van der Waals surface area contributed by atoms with Gasteiger partial charge in [-0.3, -0.25) is 9.52 Å². The Morgan fingerprint density at radius 3 is 2.21 bits per heavy atom. The summed E-state index contributed by atoms with van der Waals surface area (Å²) in [5, 5.41) is 3.13. The Bertz CT molecular complexity index is 1560. The number of methoxy groups -OCH3 is 1. The topological polar surface area (TPSA) is 131 Å². The number of ether oxygens (including phenoxy) is 2. The van der Waals surface area contributed by atoms with Crippen LogP contribution in [0, 0.1) is 0 Å². The molecule has 202 valence electrons. The molecule has 1 aliphatic heterocycles. The second kappa shape index (κ2) is 11.5. The number of amides is 1. The lowest BCUT2D eigenvalue weighted by Crippen LogP contribution is -2.40. The third-order valence-corrected chi connectivity index (χ3v) is 9.45. The summed E-state index contributed by atoms with van der Waals surface area (Å²) in [5.74, 6) is -0.464. The van der Waals surface area contributed by atoms with Crippen LogP contribution in [0.25, 0.3) is 0 Å². The highest BCUT2D eigenvalue weighted by molar-refractivity contribution is 7.92. The molecule has 0 radical (unpaired) electrons. The maximum Gasteiger partial charge on any atom is 0.261 e. The fraction of sp³-hybridized carbons (Fsp3) is 0.208. The van der Waals surface area contributed by atoms with E-state index in [1.807, 2.05) is 0 Å². The first-order valence-electron chi connectivity index (χ1n) is 11.2. The van der Waals surface area contributed by atoms with Crippen molar-refractivity contribution >= 4 is 60.5 Å². The number of rotatable bonds is 8. The van der Waals surface area contributed by atoms with E-state index in [4.69, 9.17) is 32.7 Å². The lowest BCUT2D eigenvalue weighted by molar-refractivity contribution is 0.0730. The van der Waals surface area contributed by atoms with Crippen LogP contribution in [0.5, 0.6) is 5.75 Å². The number of morpholine rings is 1. The summed E-state index contributed by atoms with van der Waals surface area (Å²) in [6.45, 7) is 1.00. The molecule has 1 aliphatic rings. The summed E-state index contributed by atoms with van der Waals surface area (Å²) in [5.41, 5.74) is 0.437. The molecule has 1 heterocycles. The summed E-state index contributed by atoms with van der Waals surface area (Å²) >= 11 is 11.9. The summed E-state index contributed by atoms with van der Waals surface area (Å²) in [7, 11) is -6.46. The largest absolute Gasteiger partial charge is 0.496 e. The van der Waals surface area contributed by atoms with Gasteiger partial charge in [-0.25, -0.2) is 16.8 Å². The first-order chi connectivity index (χ1) is 18.0. The number of carbonyl (C=O) groups is 1. The van der Waals surface area contributed by atoms with Crippen molar-refractivity contribution in [1.29, 1.82) is 0 Å². The molecule has 1 saturated heterocycles. The van der Waals surface area contributed by atoms with Gasteiger partial charge in [0.25, 0.3) is 15.9 Å². The van der Waals surface area contributed by atoms with Gasteiger partial charge in [0.1, 0.15) is 5.75 Å². The zero-order valence-electron chi connectivity index (χ0n) is 20.0. The predicted octanol–water partition coefficient (Wildman–Crippen LogP) is 4.08. The van der Waals surface area contributed by atoms with Gasteiger partial charge in [-0.15, -0.1) is 0 Å². The second-order valence-corrected chi connectivity index (χ2v) is 12.6. The molecule has 3 aromatic rings. The van der Waals surface area contributed by atoms with Crippen molar-refractivity contribution in [2.45, 2.75) is 9.79 Å². The molecule has 1 fully saturated rings. The molecule has 0 bridgehead atoms. The Hall–Kier alpha value is -2.87. The molecule has 0 atom stereocenters. The van der Waals surface area contributed by atoms with Crippen LogP contribution in [0.15, 0.2) is 70.5 Å². The molecule has 2 N–H and O–H groups in total. The van der Waals surface area contributed by atoms with Gasteiger partial charge < -0.3 is 14.8 Å². The van der Waals surface area contributed by atoms with Gasteiger partial charge in [0.15, 0.2) is 0 Å². The van der Waals surface area contributed by atoms with Crippen LogP contribution in [0.4, 0.5) is 11.4 Å². The standard InChI is InChI=1S/C24H23Cl2N3O7S2/c1-35-23-9-7-19(38(33,34)29-10-12-36-13-11-29)15-20(23)24(30)27-17-3-5-18(6-4-17)37(31,32)28-22-8-2-16(25)14-21(22)26/h2-9,14-15,28H,10-13H2,1H3,(H,27,30). The number of hydrogen-bond donors (Lipinski definition) is 2. The Morgan fingerprint density at radius 1 is 0.921 bits per heavy atom. The molecule has 0 saturated carbocycles. The number of hydrogen-bond acceptors (Lipinski definition) is 7. The zero-order chi connectivity index (χ0) is 27.5. The van der Waals surface area contributed by atoms with E-state index < -0.39 is 26.0 Å². The summed E-state index contributed by atoms with van der Waals surface area (Å²) in [4.78, 5) is 12.9. The summed E-state index contributed by atoms with van der Waals surface area (Å²) in [6, 6.07) is 13.8. The first kappa shape index (κ1) is 28.1. The Kier molecular flexibility index (Phi) is 8.50. The number of carbonyl (C=O) groups excluding carboxylic acids is 1. The third kappa shape index (κ3) is 6.22. The molecule has 0 aliphatic carbocycles. The van der Waals surface area contributed by atoms with E-state index in [0.717, 1.165) is 0 Å². The number of nitrogens with zero attached hydrogens (tertiary/aromatic N) is 1. The molecular formula is C24H23Cl2N3O7S2. The minimum atomic E-state index is -3.98. The normalized spacial score (nSPS) is 14.6. The number of anilines is 2. The van der Waals surface area contributed by atoms with E-state index in [1.54, 1.807) is 0 Å². The van der Waals surface area contributed by atoms with Crippen LogP contribution in [-0.2, 0) is 24.8 Å². The van der Waals surface area contributed by atoms with Gasteiger partial charge in [0.2, 0.25) is 10.0 Å². The lowest BCUT2D eigenvalue weighted by Gasteiger charge is -2.26. The highest BCUT2D eigenvalue weighted by Gasteiger charge is 2.28. The molecule has 4 rings (SSSR count). The lowest BCUT2D eigenvalue weighted by atomic mass is 10.2. The predicted molar refractivity (Wildman–Crippen MR) is 144 cm³/mol. The monoisotopic (exact) mass is 599 g/mol. The van der Waals surface area contributed by atoms with E-state index in [2.05, 4.69) is 10.0 Å². The van der Waals surface area contributed by atoms with Crippen molar-refractivity contribution in [3.05, 3.63) is 76.3 Å². The zero-order valence-corrected chi connectivity index (χ0v) is 23.1. The molecule has 0 spiro atoms. The molecular weight excluding hydrogens is 577 g/mol. The van der Waals surface area contributed by atoms with E-state index in [-0.39, 0.29) is 63.8 Å². The van der Waals surface area contributed by atoms with Crippen molar-refractivity contribution in [3.8, 4) is 5.75 Å². The third-order valence-electron chi connectivity index (χ3n) is 5.62. The molecule has 10 nitrogen and oxygen atoms in total.